The van der Waals surface area contributed by atoms with Crippen molar-refractivity contribution >= 4 is 5.82 Å². The van der Waals surface area contributed by atoms with Crippen LogP contribution in [0.1, 0.15) is 25.2 Å². The zero-order valence-corrected chi connectivity index (χ0v) is 11.4. The van der Waals surface area contributed by atoms with Crippen molar-refractivity contribution in [1.29, 1.82) is 0 Å². The number of aryl methyl sites for hydroxylation is 1. The van der Waals surface area contributed by atoms with E-state index in [0.717, 1.165) is 5.56 Å². The van der Waals surface area contributed by atoms with Gasteiger partial charge in [0.1, 0.15) is 17.9 Å². The molecule has 2 aliphatic rings. The standard InChI is InChI=1S/C13H19N3O3/c1-6-7(2)13(18)19-12(6)16-5-4-9-10(16)14-8(3)15-11(9)17/h6-7,12-13,18H,4-5H2,1-3H3,(H,14,15,17). The van der Waals surface area contributed by atoms with Crippen molar-refractivity contribution < 1.29 is 9.84 Å². The first kappa shape index (κ1) is 12.6. The molecule has 3 rings (SSSR count). The average molecular weight is 265 g/mol. The van der Waals surface area contributed by atoms with Gasteiger partial charge in [-0.1, -0.05) is 13.8 Å². The number of hydrogen-bond donors (Lipinski definition) is 2. The van der Waals surface area contributed by atoms with Crippen molar-refractivity contribution in [2.24, 2.45) is 11.8 Å². The molecular weight excluding hydrogens is 246 g/mol. The third-order valence-corrected chi connectivity index (χ3v) is 4.30. The highest BCUT2D eigenvalue weighted by Gasteiger charge is 2.43. The van der Waals surface area contributed by atoms with Crippen LogP contribution in [-0.2, 0) is 11.2 Å². The molecule has 19 heavy (non-hydrogen) atoms. The Morgan fingerprint density at radius 2 is 2.16 bits per heavy atom. The Morgan fingerprint density at radius 1 is 1.42 bits per heavy atom. The van der Waals surface area contributed by atoms with Gasteiger partial charge in [0.25, 0.3) is 5.56 Å². The van der Waals surface area contributed by atoms with E-state index < -0.39 is 6.29 Å². The van der Waals surface area contributed by atoms with E-state index in [1.54, 1.807) is 6.92 Å². The molecule has 4 unspecified atom stereocenters. The average Bonchev–Trinajstić information content (AvgIpc) is 2.86. The molecule has 1 saturated heterocycles. The molecule has 0 bridgehead atoms. The quantitative estimate of drug-likeness (QED) is 0.768. The topological polar surface area (TPSA) is 78.5 Å². The Hall–Kier alpha value is -1.40. The Labute approximate surface area is 111 Å². The van der Waals surface area contributed by atoms with E-state index in [4.69, 9.17) is 4.74 Å². The number of hydrogen-bond acceptors (Lipinski definition) is 5. The molecule has 1 aromatic heterocycles. The molecule has 4 atom stereocenters. The monoisotopic (exact) mass is 265 g/mol. The number of aliphatic hydroxyl groups is 1. The summed E-state index contributed by atoms with van der Waals surface area (Å²) in [4.78, 5) is 21.1. The Balaban J connectivity index is 1.97. The molecule has 0 amide bonds. The van der Waals surface area contributed by atoms with Crippen LogP contribution in [0.25, 0.3) is 0 Å². The number of fused-ring (bicyclic) bond motifs is 1. The van der Waals surface area contributed by atoms with Crippen molar-refractivity contribution in [2.45, 2.75) is 39.7 Å². The summed E-state index contributed by atoms with van der Waals surface area (Å²) in [6, 6.07) is 0. The van der Waals surface area contributed by atoms with Crippen molar-refractivity contribution in [2.75, 3.05) is 11.4 Å². The van der Waals surface area contributed by atoms with Crippen molar-refractivity contribution in [3.05, 3.63) is 21.7 Å². The third kappa shape index (κ3) is 1.86. The molecule has 1 aromatic rings. The Morgan fingerprint density at radius 3 is 2.79 bits per heavy atom. The predicted octanol–water partition coefficient (Wildman–Crippen LogP) is 0.388. The van der Waals surface area contributed by atoms with Crippen molar-refractivity contribution in [3.8, 4) is 0 Å². The van der Waals surface area contributed by atoms with E-state index in [-0.39, 0.29) is 23.6 Å². The molecule has 0 spiro atoms. The van der Waals surface area contributed by atoms with Crippen molar-refractivity contribution in [3.63, 3.8) is 0 Å². The van der Waals surface area contributed by atoms with E-state index in [0.29, 0.717) is 24.6 Å². The van der Waals surface area contributed by atoms with Crippen LogP contribution < -0.4 is 10.5 Å². The van der Waals surface area contributed by atoms with Crippen molar-refractivity contribution in [1.82, 2.24) is 9.97 Å². The lowest BCUT2D eigenvalue weighted by Gasteiger charge is -2.28. The minimum atomic E-state index is -0.743. The number of anilines is 1. The van der Waals surface area contributed by atoms with Gasteiger partial charge in [-0.25, -0.2) is 4.98 Å². The van der Waals surface area contributed by atoms with Gasteiger partial charge in [0.2, 0.25) is 0 Å². The first-order chi connectivity index (χ1) is 8.99. The number of rotatable bonds is 1. The largest absolute Gasteiger partial charge is 0.368 e. The highest BCUT2D eigenvalue weighted by molar-refractivity contribution is 5.51. The van der Waals surface area contributed by atoms with Gasteiger partial charge >= 0.3 is 0 Å². The van der Waals surface area contributed by atoms with Crippen LogP contribution in [0.3, 0.4) is 0 Å². The summed E-state index contributed by atoms with van der Waals surface area (Å²) in [5.74, 6) is 1.59. The molecule has 104 valence electrons. The minimum Gasteiger partial charge on any atom is -0.368 e. The lowest BCUT2D eigenvalue weighted by atomic mass is 9.96. The summed E-state index contributed by atoms with van der Waals surface area (Å²) in [5, 5.41) is 9.82. The van der Waals surface area contributed by atoms with Crippen LogP contribution in [-0.4, -0.2) is 34.1 Å². The number of nitrogens with zero attached hydrogens (tertiary/aromatic N) is 2. The van der Waals surface area contributed by atoms with E-state index in [1.165, 1.54) is 0 Å². The van der Waals surface area contributed by atoms with Gasteiger partial charge in [-0.05, 0) is 13.3 Å². The van der Waals surface area contributed by atoms with Crippen LogP contribution in [0.15, 0.2) is 4.79 Å². The molecule has 0 aliphatic carbocycles. The summed E-state index contributed by atoms with van der Waals surface area (Å²) >= 11 is 0. The molecule has 3 heterocycles. The SMILES string of the molecule is Cc1nc2c(c(=O)[nH]1)CCN2C1OC(O)C(C)C1C. The number of aromatic nitrogens is 2. The second kappa shape index (κ2) is 4.31. The van der Waals surface area contributed by atoms with E-state index in [2.05, 4.69) is 16.9 Å². The number of aliphatic hydroxyl groups excluding tert-OH is 1. The zero-order chi connectivity index (χ0) is 13.7. The van der Waals surface area contributed by atoms with Gasteiger partial charge in [-0.3, -0.25) is 4.79 Å². The third-order valence-electron chi connectivity index (χ3n) is 4.30. The zero-order valence-electron chi connectivity index (χ0n) is 11.4. The maximum Gasteiger partial charge on any atom is 0.256 e. The summed E-state index contributed by atoms with van der Waals surface area (Å²) in [6.45, 7) is 6.52. The summed E-state index contributed by atoms with van der Waals surface area (Å²) in [5.41, 5.74) is 0.652. The second-order valence-electron chi connectivity index (χ2n) is 5.53. The van der Waals surface area contributed by atoms with Gasteiger partial charge in [0, 0.05) is 18.4 Å². The number of aromatic amines is 1. The smallest absolute Gasteiger partial charge is 0.256 e. The van der Waals surface area contributed by atoms with Crippen LogP contribution in [0.5, 0.6) is 0 Å². The van der Waals surface area contributed by atoms with Crippen LogP contribution in [0.2, 0.25) is 0 Å². The molecular formula is C13H19N3O3. The summed E-state index contributed by atoms with van der Waals surface area (Å²) < 4.78 is 5.64. The maximum atomic E-state index is 11.9. The molecule has 6 heteroatoms. The van der Waals surface area contributed by atoms with E-state index >= 15 is 0 Å². The predicted molar refractivity (Wildman–Crippen MR) is 69.9 cm³/mol. The molecule has 0 aromatic carbocycles. The van der Waals surface area contributed by atoms with Gasteiger partial charge in [-0.15, -0.1) is 0 Å². The Kier molecular flexibility index (Phi) is 2.87. The second-order valence-corrected chi connectivity index (χ2v) is 5.53. The minimum absolute atomic E-state index is 0.0655. The first-order valence-electron chi connectivity index (χ1n) is 6.69. The normalized spacial score (nSPS) is 33.8. The van der Waals surface area contributed by atoms with E-state index in [9.17, 15) is 9.90 Å². The van der Waals surface area contributed by atoms with Gasteiger partial charge < -0.3 is 19.7 Å². The number of nitrogens with one attached hydrogen (secondary N) is 1. The highest BCUT2D eigenvalue weighted by Crippen LogP contribution is 2.37. The van der Waals surface area contributed by atoms with Gasteiger partial charge in [0.05, 0.1) is 5.56 Å². The fraction of sp³-hybridized carbons (Fsp3) is 0.692. The van der Waals surface area contributed by atoms with Crippen LogP contribution in [0, 0.1) is 18.8 Å². The molecule has 0 radical (unpaired) electrons. The first-order valence-corrected chi connectivity index (χ1v) is 6.69. The van der Waals surface area contributed by atoms with Crippen LogP contribution >= 0.6 is 0 Å². The van der Waals surface area contributed by atoms with Gasteiger partial charge in [0.15, 0.2) is 6.29 Å². The summed E-state index contributed by atoms with van der Waals surface area (Å²) in [6.07, 6.45) is -0.276. The molecule has 2 aliphatic heterocycles. The maximum absolute atomic E-state index is 11.9. The molecule has 1 fully saturated rings. The Bertz CT molecular complexity index is 557. The lowest BCUT2D eigenvalue weighted by molar-refractivity contribution is -0.105. The molecule has 0 saturated carbocycles. The van der Waals surface area contributed by atoms with Crippen LogP contribution in [0.4, 0.5) is 5.82 Å². The number of H-pyrrole nitrogens is 1. The van der Waals surface area contributed by atoms with E-state index in [1.807, 2.05) is 11.8 Å². The van der Waals surface area contributed by atoms with Gasteiger partial charge in [-0.2, -0.15) is 0 Å². The lowest BCUT2D eigenvalue weighted by Crippen LogP contribution is -2.38. The number of ether oxygens (including phenoxy) is 1. The highest BCUT2D eigenvalue weighted by atomic mass is 16.6. The fourth-order valence-corrected chi connectivity index (χ4v) is 2.91. The molecule has 2 N–H and O–H groups in total. The summed E-state index contributed by atoms with van der Waals surface area (Å²) in [7, 11) is 0. The fourth-order valence-electron chi connectivity index (χ4n) is 2.91. The molecule has 6 nitrogen and oxygen atoms in total.